The molecule has 4 rings (SSSR count). The minimum atomic E-state index is -1.31. The quantitative estimate of drug-likeness (QED) is 0.269. The Kier molecular flexibility index (Phi) is 8.82. The van der Waals surface area contributed by atoms with Crippen LogP contribution in [0.5, 0.6) is 5.75 Å². The van der Waals surface area contributed by atoms with E-state index in [0.29, 0.717) is 34.8 Å². The van der Waals surface area contributed by atoms with E-state index < -0.39 is 23.2 Å². The Hall–Kier alpha value is -3.81. The number of aliphatic carboxylic acids is 1. The molecular formula is C30H29NO5S. The number of H-pyrrole nitrogens is 1. The average molecular weight is 516 g/mol. The molecule has 6 nitrogen and oxygen atoms in total. The van der Waals surface area contributed by atoms with E-state index in [-0.39, 0.29) is 11.5 Å². The molecule has 1 aromatic heterocycles. The number of benzene rings is 3. The third-order valence-corrected chi connectivity index (χ3v) is 7.55. The summed E-state index contributed by atoms with van der Waals surface area (Å²) in [6, 6.07) is 29.0. The maximum atomic E-state index is 12.9. The lowest BCUT2D eigenvalue weighted by Gasteiger charge is -2.19. The number of rotatable bonds is 11. The summed E-state index contributed by atoms with van der Waals surface area (Å²) in [5.41, 5.74) is 3.76. The normalized spacial score (nSPS) is 12.7. The lowest BCUT2D eigenvalue weighted by Crippen LogP contribution is -2.23. The van der Waals surface area contributed by atoms with E-state index in [2.05, 4.69) is 29.2 Å². The van der Waals surface area contributed by atoms with Crippen LogP contribution in [0.25, 0.3) is 0 Å². The summed E-state index contributed by atoms with van der Waals surface area (Å²) in [5, 5.41) is 9.04. The zero-order valence-electron chi connectivity index (χ0n) is 20.5. The van der Waals surface area contributed by atoms with Crippen LogP contribution in [-0.2, 0) is 22.4 Å². The molecule has 3 aromatic carbocycles. The predicted octanol–water partition coefficient (Wildman–Crippen LogP) is 5.15. The number of carbonyl (C=O) groups is 1. The summed E-state index contributed by atoms with van der Waals surface area (Å²) >= 11 is -1.31. The Labute approximate surface area is 219 Å². The van der Waals surface area contributed by atoms with Crippen LogP contribution < -0.4 is 10.3 Å². The van der Waals surface area contributed by atoms with Gasteiger partial charge in [0.25, 0.3) is 5.56 Å². The first-order valence-electron chi connectivity index (χ1n) is 12.1. The first-order chi connectivity index (χ1) is 17.9. The van der Waals surface area contributed by atoms with Gasteiger partial charge in [0.15, 0.2) is 11.0 Å². The fraction of sp³-hybridized carbons (Fsp3) is 0.200. The number of aryl methyl sites for hydroxylation is 1. The molecule has 0 bridgehead atoms. The molecule has 2 N–H and O–H groups in total. The highest BCUT2D eigenvalue weighted by atomic mass is 32.2. The van der Waals surface area contributed by atoms with Gasteiger partial charge in [-0.2, -0.15) is 0 Å². The second-order valence-corrected chi connectivity index (χ2v) is 10.3. The number of hydrogen-bond donors (Lipinski definition) is 2. The van der Waals surface area contributed by atoms with Crippen molar-refractivity contribution in [3.05, 3.63) is 130 Å². The summed E-state index contributed by atoms with van der Waals surface area (Å²) in [6.45, 7) is 1.44. The zero-order valence-corrected chi connectivity index (χ0v) is 21.3. The lowest BCUT2D eigenvalue weighted by atomic mass is 9.85. The Morgan fingerprint density at radius 1 is 0.946 bits per heavy atom. The lowest BCUT2D eigenvalue weighted by molar-refractivity contribution is -0.144. The summed E-state index contributed by atoms with van der Waals surface area (Å²) in [6.07, 6.45) is 1.81. The fourth-order valence-corrected chi connectivity index (χ4v) is 5.35. The molecule has 190 valence electrons. The molecule has 0 radical (unpaired) electrons. The van der Waals surface area contributed by atoms with E-state index in [1.54, 1.807) is 30.5 Å². The first kappa shape index (κ1) is 26.3. The van der Waals surface area contributed by atoms with E-state index in [1.807, 2.05) is 42.5 Å². The molecule has 0 amide bonds. The Bertz CT molecular complexity index is 1330. The van der Waals surface area contributed by atoms with Crippen molar-refractivity contribution in [3.63, 3.8) is 0 Å². The van der Waals surface area contributed by atoms with E-state index in [9.17, 15) is 14.1 Å². The van der Waals surface area contributed by atoms with Crippen molar-refractivity contribution in [1.82, 2.24) is 4.98 Å². The highest BCUT2D eigenvalue weighted by molar-refractivity contribution is 7.91. The van der Waals surface area contributed by atoms with Crippen LogP contribution in [0.15, 0.2) is 107 Å². The molecular weight excluding hydrogens is 486 g/mol. The first-order valence-corrected chi connectivity index (χ1v) is 13.4. The topological polar surface area (TPSA) is 102 Å². The SMILES string of the molecule is CC(Oc1cccc([S+]([O-])CCCc2cc(C(c3ccccc3)c3ccccc3)c[nH]c2=O)c1)C(=O)O. The fourth-order valence-electron chi connectivity index (χ4n) is 4.23. The number of carboxylic acid groups (broad SMARTS) is 1. The molecule has 0 aliphatic heterocycles. The molecule has 7 heteroatoms. The molecule has 4 aromatic rings. The molecule has 0 fully saturated rings. The number of nitrogens with one attached hydrogen (secondary N) is 1. The van der Waals surface area contributed by atoms with Gasteiger partial charge < -0.3 is 19.4 Å². The van der Waals surface area contributed by atoms with E-state index in [0.717, 1.165) is 16.7 Å². The predicted molar refractivity (Wildman–Crippen MR) is 145 cm³/mol. The molecule has 1 heterocycles. The van der Waals surface area contributed by atoms with E-state index >= 15 is 0 Å². The highest BCUT2D eigenvalue weighted by Crippen LogP contribution is 2.31. The summed E-state index contributed by atoms with van der Waals surface area (Å²) < 4.78 is 18.3. The molecule has 2 atom stereocenters. The van der Waals surface area contributed by atoms with Crippen molar-refractivity contribution in [2.45, 2.75) is 36.7 Å². The van der Waals surface area contributed by atoms with Gasteiger partial charge in [-0.15, -0.1) is 0 Å². The average Bonchev–Trinajstić information content (AvgIpc) is 2.91. The number of pyridine rings is 1. The van der Waals surface area contributed by atoms with Crippen molar-refractivity contribution in [2.24, 2.45) is 0 Å². The summed E-state index contributed by atoms with van der Waals surface area (Å²) in [4.78, 5) is 27.1. The third-order valence-electron chi connectivity index (χ3n) is 6.11. The standard InChI is InChI=1S/C30H29NO5S/c1-21(30(33)34)36-26-15-8-16-27(19-26)37(35)17-9-14-24-18-25(20-31-29(24)32)28(22-10-4-2-5-11-22)23-12-6-3-7-13-23/h2-8,10-13,15-16,18-21,28H,9,14,17H2,1H3,(H,31,32)(H,33,34). The van der Waals surface area contributed by atoms with Gasteiger partial charge in [0.05, 0.1) is 0 Å². The van der Waals surface area contributed by atoms with Gasteiger partial charge in [-0.25, -0.2) is 4.79 Å². The molecule has 0 saturated heterocycles. The van der Waals surface area contributed by atoms with Crippen molar-refractivity contribution < 1.29 is 19.2 Å². The Balaban J connectivity index is 1.47. The molecule has 37 heavy (non-hydrogen) atoms. The maximum Gasteiger partial charge on any atom is 0.344 e. The maximum absolute atomic E-state index is 12.9. The molecule has 0 aliphatic carbocycles. The van der Waals surface area contributed by atoms with Crippen LogP contribution >= 0.6 is 0 Å². The third kappa shape index (κ3) is 6.90. The van der Waals surface area contributed by atoms with Crippen molar-refractivity contribution in [1.29, 1.82) is 0 Å². The minimum absolute atomic E-state index is 0.0249. The second kappa shape index (κ2) is 12.4. The van der Waals surface area contributed by atoms with Gasteiger partial charge in [0, 0.05) is 23.7 Å². The Morgan fingerprint density at radius 2 is 1.59 bits per heavy atom. The number of aromatic amines is 1. The van der Waals surface area contributed by atoms with Crippen molar-refractivity contribution in [2.75, 3.05) is 5.75 Å². The molecule has 0 spiro atoms. The van der Waals surface area contributed by atoms with Crippen molar-refractivity contribution >= 4 is 17.1 Å². The van der Waals surface area contributed by atoms with Gasteiger partial charge in [-0.05, 0) is 65.8 Å². The van der Waals surface area contributed by atoms with Gasteiger partial charge in [0.1, 0.15) is 11.5 Å². The smallest absolute Gasteiger partial charge is 0.344 e. The number of carboxylic acids is 1. The van der Waals surface area contributed by atoms with Gasteiger partial charge in [0.2, 0.25) is 0 Å². The second-order valence-electron chi connectivity index (χ2n) is 8.77. The highest BCUT2D eigenvalue weighted by Gasteiger charge is 2.19. The molecule has 2 unspecified atom stereocenters. The summed E-state index contributed by atoms with van der Waals surface area (Å²) in [7, 11) is 0. The van der Waals surface area contributed by atoms with Crippen LogP contribution in [0.1, 0.15) is 41.5 Å². The summed E-state index contributed by atoms with van der Waals surface area (Å²) in [5.74, 6) is -0.371. The molecule has 0 aliphatic rings. The molecule has 0 saturated carbocycles. The van der Waals surface area contributed by atoms with Crippen LogP contribution in [0, 0.1) is 0 Å². The van der Waals surface area contributed by atoms with Crippen LogP contribution in [0.4, 0.5) is 0 Å². The van der Waals surface area contributed by atoms with E-state index in [4.69, 9.17) is 9.84 Å². The van der Waals surface area contributed by atoms with Crippen LogP contribution in [0.3, 0.4) is 0 Å². The van der Waals surface area contributed by atoms with Crippen LogP contribution in [0.2, 0.25) is 0 Å². The largest absolute Gasteiger partial charge is 0.611 e. The zero-order chi connectivity index (χ0) is 26.2. The van der Waals surface area contributed by atoms with Gasteiger partial charge in [-0.3, -0.25) is 4.79 Å². The van der Waals surface area contributed by atoms with Crippen LogP contribution in [-0.4, -0.2) is 32.5 Å². The monoisotopic (exact) mass is 515 g/mol. The Morgan fingerprint density at radius 3 is 2.22 bits per heavy atom. The number of aromatic nitrogens is 1. The number of hydrogen-bond acceptors (Lipinski definition) is 4. The van der Waals surface area contributed by atoms with Gasteiger partial charge in [-0.1, -0.05) is 66.7 Å². The number of ether oxygens (including phenoxy) is 1. The van der Waals surface area contributed by atoms with Crippen molar-refractivity contribution in [3.8, 4) is 5.75 Å². The minimum Gasteiger partial charge on any atom is -0.611 e. The van der Waals surface area contributed by atoms with Gasteiger partial charge >= 0.3 is 5.97 Å². The van der Waals surface area contributed by atoms with E-state index in [1.165, 1.54) is 6.92 Å².